The molecule has 3 rings (SSSR count). The Balaban J connectivity index is 2.17. The lowest BCUT2D eigenvalue weighted by Gasteiger charge is -2.19. The molecule has 0 radical (unpaired) electrons. The van der Waals surface area contributed by atoms with Crippen LogP contribution in [0.1, 0.15) is 16.7 Å². The number of halogens is 1. The van der Waals surface area contributed by atoms with Crippen molar-refractivity contribution < 1.29 is 0 Å². The molecule has 0 spiro atoms. The Hall–Kier alpha value is -1.80. The molecule has 19 heavy (non-hydrogen) atoms. The summed E-state index contributed by atoms with van der Waals surface area (Å²) in [5.41, 5.74) is 5.73. The molecule has 0 saturated heterocycles. The standard InChI is InChI=1S/C16H15ClN2/c1-18-15-7-6-12(17)10-14(15)16-13-5-3-2-4-11(13)8-9-19-16/h2-7,10,18H,8-9H2,1H3. The molecule has 0 atom stereocenters. The lowest BCUT2D eigenvalue weighted by molar-refractivity contribution is 0.944. The highest BCUT2D eigenvalue weighted by atomic mass is 35.5. The molecule has 96 valence electrons. The second kappa shape index (κ2) is 5.06. The van der Waals surface area contributed by atoms with Gasteiger partial charge in [-0.3, -0.25) is 4.99 Å². The van der Waals surface area contributed by atoms with Crippen LogP contribution >= 0.6 is 11.6 Å². The summed E-state index contributed by atoms with van der Waals surface area (Å²) in [5, 5.41) is 3.95. The van der Waals surface area contributed by atoms with E-state index in [1.807, 2.05) is 25.2 Å². The molecule has 2 aromatic carbocycles. The predicted molar refractivity (Wildman–Crippen MR) is 81.7 cm³/mol. The summed E-state index contributed by atoms with van der Waals surface area (Å²) in [4.78, 5) is 4.71. The first-order chi connectivity index (χ1) is 9.29. The highest BCUT2D eigenvalue weighted by molar-refractivity contribution is 6.31. The van der Waals surface area contributed by atoms with Gasteiger partial charge in [0.1, 0.15) is 0 Å². The van der Waals surface area contributed by atoms with Crippen molar-refractivity contribution >= 4 is 23.0 Å². The molecule has 1 N–H and O–H groups in total. The largest absolute Gasteiger partial charge is 0.388 e. The summed E-state index contributed by atoms with van der Waals surface area (Å²) in [6.45, 7) is 0.835. The lowest BCUT2D eigenvalue weighted by Crippen LogP contribution is -2.15. The molecule has 0 amide bonds. The number of anilines is 1. The molecule has 1 aliphatic heterocycles. The third-order valence-electron chi connectivity index (χ3n) is 3.43. The Kier molecular flexibility index (Phi) is 3.26. The van der Waals surface area contributed by atoms with Crippen molar-refractivity contribution in [3.05, 3.63) is 64.2 Å². The lowest BCUT2D eigenvalue weighted by atomic mass is 9.92. The number of nitrogens with one attached hydrogen (secondary N) is 1. The molecule has 0 aromatic heterocycles. The molecule has 0 unspecified atom stereocenters. The fraction of sp³-hybridized carbons (Fsp3) is 0.188. The number of hydrogen-bond acceptors (Lipinski definition) is 2. The first kappa shape index (κ1) is 12.2. The van der Waals surface area contributed by atoms with E-state index in [4.69, 9.17) is 16.6 Å². The first-order valence-electron chi connectivity index (χ1n) is 6.40. The molecule has 2 nitrogen and oxygen atoms in total. The highest BCUT2D eigenvalue weighted by Crippen LogP contribution is 2.27. The van der Waals surface area contributed by atoms with Crippen LogP contribution in [-0.2, 0) is 6.42 Å². The summed E-state index contributed by atoms with van der Waals surface area (Å²) in [5.74, 6) is 0. The number of hydrogen-bond donors (Lipinski definition) is 1. The molecule has 0 bridgehead atoms. The zero-order chi connectivity index (χ0) is 13.2. The summed E-state index contributed by atoms with van der Waals surface area (Å²) in [7, 11) is 1.92. The average Bonchev–Trinajstić information content (AvgIpc) is 2.46. The average molecular weight is 271 g/mol. The van der Waals surface area contributed by atoms with Gasteiger partial charge in [0.25, 0.3) is 0 Å². The van der Waals surface area contributed by atoms with Crippen LogP contribution in [0.2, 0.25) is 5.02 Å². The van der Waals surface area contributed by atoms with E-state index in [9.17, 15) is 0 Å². The number of aliphatic imine (C=N–C) groups is 1. The number of benzene rings is 2. The van der Waals surface area contributed by atoms with Crippen LogP contribution < -0.4 is 5.32 Å². The van der Waals surface area contributed by atoms with Crippen molar-refractivity contribution in [1.82, 2.24) is 0 Å². The minimum Gasteiger partial charge on any atom is -0.388 e. The Morgan fingerprint density at radius 2 is 1.95 bits per heavy atom. The van der Waals surface area contributed by atoms with Crippen molar-refractivity contribution in [2.75, 3.05) is 18.9 Å². The van der Waals surface area contributed by atoms with Crippen molar-refractivity contribution in [2.45, 2.75) is 6.42 Å². The van der Waals surface area contributed by atoms with Crippen molar-refractivity contribution in [3.63, 3.8) is 0 Å². The fourth-order valence-electron chi connectivity index (χ4n) is 2.50. The van der Waals surface area contributed by atoms with Crippen molar-refractivity contribution in [1.29, 1.82) is 0 Å². The normalized spacial score (nSPS) is 13.7. The second-order valence-corrected chi connectivity index (χ2v) is 5.01. The van der Waals surface area contributed by atoms with E-state index in [1.165, 1.54) is 11.1 Å². The van der Waals surface area contributed by atoms with E-state index in [2.05, 4.69) is 29.6 Å². The zero-order valence-electron chi connectivity index (χ0n) is 10.8. The molecule has 0 saturated carbocycles. The first-order valence-corrected chi connectivity index (χ1v) is 6.78. The van der Waals surface area contributed by atoms with Crippen LogP contribution in [0, 0.1) is 0 Å². The van der Waals surface area contributed by atoms with Crippen LogP contribution in [0.4, 0.5) is 5.69 Å². The summed E-state index contributed by atoms with van der Waals surface area (Å²) in [6, 6.07) is 14.3. The van der Waals surface area contributed by atoms with Gasteiger partial charge in [-0.2, -0.15) is 0 Å². The minimum absolute atomic E-state index is 0.736. The minimum atomic E-state index is 0.736. The van der Waals surface area contributed by atoms with Gasteiger partial charge in [-0.1, -0.05) is 35.9 Å². The van der Waals surface area contributed by atoms with E-state index in [-0.39, 0.29) is 0 Å². The molecule has 1 heterocycles. The molecule has 0 fully saturated rings. The molecule has 1 aliphatic rings. The van der Waals surface area contributed by atoms with E-state index in [1.54, 1.807) is 0 Å². The number of rotatable bonds is 2. The number of fused-ring (bicyclic) bond motifs is 1. The SMILES string of the molecule is CNc1ccc(Cl)cc1C1=NCCc2ccccc21. The van der Waals surface area contributed by atoms with Gasteiger partial charge in [0.05, 0.1) is 5.71 Å². The zero-order valence-corrected chi connectivity index (χ0v) is 11.5. The summed E-state index contributed by atoms with van der Waals surface area (Å²) in [6.07, 6.45) is 1.01. The Labute approximate surface area is 118 Å². The topological polar surface area (TPSA) is 24.4 Å². The maximum atomic E-state index is 6.14. The third kappa shape index (κ3) is 2.24. The van der Waals surface area contributed by atoms with Crippen LogP contribution in [0.3, 0.4) is 0 Å². The maximum absolute atomic E-state index is 6.14. The van der Waals surface area contributed by atoms with Gasteiger partial charge in [0, 0.05) is 35.4 Å². The Morgan fingerprint density at radius 3 is 2.79 bits per heavy atom. The third-order valence-corrected chi connectivity index (χ3v) is 3.66. The molecule has 2 aromatic rings. The Bertz CT molecular complexity index is 647. The quantitative estimate of drug-likeness (QED) is 0.882. The second-order valence-electron chi connectivity index (χ2n) is 4.58. The van der Waals surface area contributed by atoms with Gasteiger partial charge in [0.2, 0.25) is 0 Å². The molecule has 0 aliphatic carbocycles. The fourth-order valence-corrected chi connectivity index (χ4v) is 2.68. The summed E-state index contributed by atoms with van der Waals surface area (Å²) >= 11 is 6.14. The van der Waals surface area contributed by atoms with E-state index >= 15 is 0 Å². The van der Waals surface area contributed by atoms with Crippen LogP contribution in [0.25, 0.3) is 0 Å². The number of nitrogens with zero attached hydrogens (tertiary/aromatic N) is 1. The van der Waals surface area contributed by atoms with Crippen molar-refractivity contribution in [2.24, 2.45) is 4.99 Å². The van der Waals surface area contributed by atoms with Gasteiger partial charge in [-0.25, -0.2) is 0 Å². The van der Waals surface area contributed by atoms with Gasteiger partial charge < -0.3 is 5.32 Å². The van der Waals surface area contributed by atoms with Gasteiger partial charge >= 0.3 is 0 Å². The van der Waals surface area contributed by atoms with Crippen LogP contribution in [0.5, 0.6) is 0 Å². The van der Waals surface area contributed by atoms with Gasteiger partial charge in [-0.05, 0) is 30.2 Å². The molecular weight excluding hydrogens is 256 g/mol. The van der Waals surface area contributed by atoms with Crippen molar-refractivity contribution in [3.8, 4) is 0 Å². The van der Waals surface area contributed by atoms with Gasteiger partial charge in [0.15, 0.2) is 0 Å². The summed E-state index contributed by atoms with van der Waals surface area (Å²) < 4.78 is 0. The maximum Gasteiger partial charge on any atom is 0.0743 e. The van der Waals surface area contributed by atoms with E-state index in [0.717, 1.165) is 35.0 Å². The highest BCUT2D eigenvalue weighted by Gasteiger charge is 2.17. The van der Waals surface area contributed by atoms with E-state index < -0.39 is 0 Å². The van der Waals surface area contributed by atoms with Crippen LogP contribution in [-0.4, -0.2) is 19.3 Å². The Morgan fingerprint density at radius 1 is 1.11 bits per heavy atom. The smallest absolute Gasteiger partial charge is 0.0743 e. The predicted octanol–water partition coefficient (Wildman–Crippen LogP) is 3.78. The monoisotopic (exact) mass is 270 g/mol. The van der Waals surface area contributed by atoms with E-state index in [0.29, 0.717) is 0 Å². The van der Waals surface area contributed by atoms with Gasteiger partial charge in [-0.15, -0.1) is 0 Å². The molecular formula is C16H15ClN2. The molecule has 3 heteroatoms. The van der Waals surface area contributed by atoms with Crippen LogP contribution in [0.15, 0.2) is 47.5 Å².